The number of rotatable bonds is 6. The first-order valence-corrected chi connectivity index (χ1v) is 14.5. The van der Waals surface area contributed by atoms with E-state index < -0.39 is 11.5 Å². The van der Waals surface area contributed by atoms with Crippen molar-refractivity contribution in [1.82, 2.24) is 0 Å². The highest BCUT2D eigenvalue weighted by Crippen LogP contribution is 2.62. The molecular weight excluding hydrogens is 486 g/mol. The Kier molecular flexibility index (Phi) is 6.58. The summed E-state index contributed by atoms with van der Waals surface area (Å²) in [5.74, 6) is -0.248. The average Bonchev–Trinajstić information content (AvgIpc) is 3.22. The molecule has 0 saturated heterocycles. The summed E-state index contributed by atoms with van der Waals surface area (Å²) in [6, 6.07) is 40.0. The zero-order valence-electron chi connectivity index (χ0n) is 23.8. The van der Waals surface area contributed by atoms with Gasteiger partial charge in [-0.2, -0.15) is 0 Å². The van der Waals surface area contributed by atoms with Gasteiger partial charge in [0, 0.05) is 22.7 Å². The van der Waals surface area contributed by atoms with Gasteiger partial charge in [0.2, 0.25) is 0 Å². The van der Waals surface area contributed by atoms with E-state index in [0.717, 1.165) is 28.7 Å². The molecule has 2 heteroatoms. The number of hydrogen-bond donors (Lipinski definition) is 0. The summed E-state index contributed by atoms with van der Waals surface area (Å²) in [7, 11) is 0. The monoisotopic (exact) mass is 523 g/mol. The lowest BCUT2D eigenvalue weighted by atomic mass is 9.55. The fraction of sp³-hybridized carbons (Fsp3) is 0.237. The molecule has 0 radical (unpaired) electrons. The lowest BCUT2D eigenvalue weighted by molar-refractivity contribution is 0.0869. The van der Waals surface area contributed by atoms with Crippen LogP contribution in [0.5, 0.6) is 0 Å². The number of fused-ring (bicyclic) bond motifs is 1. The number of ketones is 1. The van der Waals surface area contributed by atoms with Crippen LogP contribution in [0.4, 0.5) is 5.69 Å². The number of carbonyl (C=O) groups excluding carboxylic acids is 1. The fourth-order valence-electron chi connectivity index (χ4n) is 7.33. The molecule has 1 aliphatic heterocycles. The standard InChI is InChI=1S/C38H37NO/c1-5-37(4)33-23-15-16-24-34(33)39(27(2)3)38(37)26-31(28-17-9-6-10-18-28)25-32(29-19-11-7-12-20-29)35(38)36(40)30-21-13-8-14-22-30/h6-27,35H,5H2,1-4H3. The Morgan fingerprint density at radius 1 is 0.775 bits per heavy atom. The van der Waals surface area contributed by atoms with Crippen LogP contribution in [0.2, 0.25) is 0 Å². The second-order valence-electron chi connectivity index (χ2n) is 11.6. The summed E-state index contributed by atoms with van der Waals surface area (Å²) in [4.78, 5) is 17.6. The van der Waals surface area contributed by atoms with E-state index in [4.69, 9.17) is 0 Å². The molecule has 0 bridgehead atoms. The van der Waals surface area contributed by atoms with Gasteiger partial charge >= 0.3 is 0 Å². The SMILES string of the molecule is CCC1(C)c2ccccc2N(C(C)C)C12C=C(c1ccccc1)C=C(c1ccccc1)C2C(=O)c1ccccc1. The van der Waals surface area contributed by atoms with Crippen molar-refractivity contribution in [3.8, 4) is 0 Å². The molecular formula is C38H37NO. The van der Waals surface area contributed by atoms with Gasteiger partial charge in [-0.3, -0.25) is 4.79 Å². The van der Waals surface area contributed by atoms with Crippen LogP contribution < -0.4 is 4.90 Å². The number of hydrogen-bond acceptors (Lipinski definition) is 2. The van der Waals surface area contributed by atoms with E-state index in [1.165, 1.54) is 16.8 Å². The second-order valence-corrected chi connectivity index (χ2v) is 11.6. The van der Waals surface area contributed by atoms with Gasteiger partial charge in [-0.25, -0.2) is 0 Å². The number of carbonyl (C=O) groups is 1. The van der Waals surface area contributed by atoms with Crippen LogP contribution in [0.1, 0.15) is 61.2 Å². The molecule has 0 amide bonds. The van der Waals surface area contributed by atoms with E-state index >= 15 is 4.79 Å². The van der Waals surface area contributed by atoms with Crippen LogP contribution in [-0.4, -0.2) is 17.4 Å². The quantitative estimate of drug-likeness (QED) is 0.235. The number of Topliss-reactive ketones (excluding diaryl/α,β-unsaturated/α-hetero) is 1. The van der Waals surface area contributed by atoms with Crippen molar-refractivity contribution in [3.63, 3.8) is 0 Å². The molecule has 1 heterocycles. The van der Waals surface area contributed by atoms with E-state index in [9.17, 15) is 0 Å². The molecule has 4 aromatic rings. The molecule has 200 valence electrons. The highest BCUT2D eigenvalue weighted by atomic mass is 16.1. The molecule has 6 rings (SSSR count). The summed E-state index contributed by atoms with van der Waals surface area (Å²) < 4.78 is 0. The van der Waals surface area contributed by atoms with Crippen molar-refractivity contribution in [2.75, 3.05) is 4.90 Å². The Morgan fingerprint density at radius 3 is 1.93 bits per heavy atom. The number of anilines is 1. The molecule has 2 aliphatic rings. The van der Waals surface area contributed by atoms with Crippen LogP contribution in [0.15, 0.2) is 127 Å². The number of allylic oxidation sites excluding steroid dienone is 2. The molecule has 3 unspecified atom stereocenters. The van der Waals surface area contributed by atoms with E-state index in [2.05, 4.69) is 124 Å². The number of nitrogens with zero attached hydrogens (tertiary/aromatic N) is 1. The van der Waals surface area contributed by atoms with Gasteiger partial charge in [-0.1, -0.05) is 123 Å². The summed E-state index contributed by atoms with van der Waals surface area (Å²) in [5.41, 5.74) is 6.84. The van der Waals surface area contributed by atoms with E-state index in [-0.39, 0.29) is 17.2 Å². The van der Waals surface area contributed by atoms with Gasteiger partial charge in [0.25, 0.3) is 0 Å². The molecule has 4 aromatic carbocycles. The Labute approximate surface area is 238 Å². The lowest BCUT2D eigenvalue weighted by Gasteiger charge is -2.55. The van der Waals surface area contributed by atoms with E-state index in [1.54, 1.807) is 0 Å². The molecule has 3 atom stereocenters. The molecule has 1 spiro atoms. The zero-order valence-corrected chi connectivity index (χ0v) is 23.8. The Balaban J connectivity index is 1.74. The summed E-state index contributed by atoms with van der Waals surface area (Å²) in [6.07, 6.45) is 5.62. The predicted molar refractivity (Wildman–Crippen MR) is 168 cm³/mol. The molecule has 1 aliphatic carbocycles. The van der Waals surface area contributed by atoms with Crippen LogP contribution in [-0.2, 0) is 5.41 Å². The Morgan fingerprint density at radius 2 is 1.32 bits per heavy atom. The van der Waals surface area contributed by atoms with E-state index in [0.29, 0.717) is 0 Å². The minimum atomic E-state index is -0.627. The van der Waals surface area contributed by atoms with E-state index in [1.807, 2.05) is 36.4 Å². The fourth-order valence-corrected chi connectivity index (χ4v) is 7.33. The normalized spacial score (nSPS) is 23.6. The third-order valence-corrected chi connectivity index (χ3v) is 9.24. The number of para-hydroxylation sites is 1. The van der Waals surface area contributed by atoms with Gasteiger partial charge in [-0.05, 0) is 66.3 Å². The molecule has 0 fully saturated rings. The van der Waals surface area contributed by atoms with Gasteiger partial charge in [0.1, 0.15) is 0 Å². The summed E-state index contributed by atoms with van der Waals surface area (Å²) in [6.45, 7) is 9.19. The van der Waals surface area contributed by atoms with Crippen LogP contribution >= 0.6 is 0 Å². The largest absolute Gasteiger partial charge is 0.358 e. The maximum Gasteiger partial charge on any atom is 0.173 e. The Hall–Kier alpha value is -4.17. The minimum Gasteiger partial charge on any atom is -0.358 e. The van der Waals surface area contributed by atoms with Crippen molar-refractivity contribution < 1.29 is 4.79 Å². The molecule has 0 saturated carbocycles. The summed E-state index contributed by atoms with van der Waals surface area (Å²) in [5, 5.41) is 0. The summed E-state index contributed by atoms with van der Waals surface area (Å²) >= 11 is 0. The van der Waals surface area contributed by atoms with Crippen LogP contribution in [0.3, 0.4) is 0 Å². The topological polar surface area (TPSA) is 20.3 Å². The van der Waals surface area contributed by atoms with Gasteiger partial charge in [0.05, 0.1) is 11.5 Å². The first kappa shape index (κ1) is 26.1. The molecule has 40 heavy (non-hydrogen) atoms. The predicted octanol–water partition coefficient (Wildman–Crippen LogP) is 9.00. The smallest absolute Gasteiger partial charge is 0.173 e. The first-order valence-electron chi connectivity index (χ1n) is 14.5. The Bertz CT molecular complexity index is 1580. The van der Waals surface area contributed by atoms with Gasteiger partial charge < -0.3 is 4.90 Å². The highest BCUT2D eigenvalue weighted by molar-refractivity contribution is 6.10. The molecule has 0 N–H and O–H groups in total. The maximum absolute atomic E-state index is 15.0. The second kappa shape index (κ2) is 10.1. The third-order valence-electron chi connectivity index (χ3n) is 9.24. The number of benzene rings is 4. The first-order chi connectivity index (χ1) is 19.4. The van der Waals surface area contributed by atoms with Gasteiger partial charge in [0.15, 0.2) is 5.78 Å². The molecule has 2 nitrogen and oxygen atoms in total. The highest BCUT2D eigenvalue weighted by Gasteiger charge is 2.64. The van der Waals surface area contributed by atoms with Crippen molar-refractivity contribution in [3.05, 3.63) is 150 Å². The molecule has 0 aromatic heterocycles. The van der Waals surface area contributed by atoms with Crippen molar-refractivity contribution in [1.29, 1.82) is 0 Å². The lowest BCUT2D eigenvalue weighted by Crippen LogP contribution is -2.64. The van der Waals surface area contributed by atoms with Gasteiger partial charge in [-0.15, -0.1) is 0 Å². The van der Waals surface area contributed by atoms with Crippen molar-refractivity contribution in [2.45, 2.75) is 51.1 Å². The van der Waals surface area contributed by atoms with Crippen LogP contribution in [0.25, 0.3) is 11.1 Å². The van der Waals surface area contributed by atoms with Crippen molar-refractivity contribution in [2.24, 2.45) is 5.92 Å². The van der Waals surface area contributed by atoms with Crippen LogP contribution in [0, 0.1) is 5.92 Å². The maximum atomic E-state index is 15.0. The minimum absolute atomic E-state index is 0.164. The van der Waals surface area contributed by atoms with Crippen molar-refractivity contribution >= 4 is 22.6 Å². The average molecular weight is 524 g/mol. The third kappa shape index (κ3) is 3.81. The zero-order chi connectivity index (χ0) is 27.9.